The summed E-state index contributed by atoms with van der Waals surface area (Å²) in [5, 5.41) is 18.2. The molecule has 0 atom stereocenters. The van der Waals surface area contributed by atoms with Gasteiger partial charge >= 0.3 is 0 Å². The summed E-state index contributed by atoms with van der Waals surface area (Å²) in [6, 6.07) is 7.91. The molecular formula is C17H13N7OS. The summed E-state index contributed by atoms with van der Waals surface area (Å²) in [5.74, 6) is 0.110. The highest BCUT2D eigenvalue weighted by atomic mass is 32.1. The summed E-state index contributed by atoms with van der Waals surface area (Å²) >= 11 is 1.62. The number of H-pyrrole nitrogens is 1. The molecular weight excluding hydrogens is 350 g/mol. The Bertz CT molecular complexity index is 1010. The van der Waals surface area contributed by atoms with E-state index >= 15 is 0 Å². The van der Waals surface area contributed by atoms with Crippen molar-refractivity contribution in [3.63, 3.8) is 0 Å². The predicted octanol–water partition coefficient (Wildman–Crippen LogP) is 2.57. The van der Waals surface area contributed by atoms with Gasteiger partial charge in [0.25, 0.3) is 0 Å². The molecule has 0 saturated carbocycles. The lowest BCUT2D eigenvalue weighted by molar-refractivity contribution is -0.115. The van der Waals surface area contributed by atoms with E-state index in [0.717, 1.165) is 21.6 Å². The van der Waals surface area contributed by atoms with Crippen LogP contribution in [0.3, 0.4) is 0 Å². The number of pyridine rings is 2. The van der Waals surface area contributed by atoms with Crippen LogP contribution in [0.25, 0.3) is 21.6 Å². The van der Waals surface area contributed by atoms with Crippen LogP contribution in [0.2, 0.25) is 0 Å². The Balaban J connectivity index is 1.51. The van der Waals surface area contributed by atoms with Gasteiger partial charge in [-0.15, -0.1) is 21.5 Å². The number of tetrazole rings is 1. The molecule has 0 aliphatic heterocycles. The third-order valence-corrected chi connectivity index (χ3v) is 4.59. The van der Waals surface area contributed by atoms with E-state index in [4.69, 9.17) is 0 Å². The maximum atomic E-state index is 12.1. The lowest BCUT2D eigenvalue weighted by Crippen LogP contribution is -2.15. The average Bonchev–Trinajstić information content (AvgIpc) is 3.34. The number of carbonyl (C=O) groups is 1. The van der Waals surface area contributed by atoms with Gasteiger partial charge in [0.1, 0.15) is 0 Å². The molecule has 128 valence electrons. The summed E-state index contributed by atoms with van der Waals surface area (Å²) in [5.41, 5.74) is 3.71. The molecule has 0 aliphatic rings. The average molecular weight is 363 g/mol. The molecule has 4 rings (SSSR count). The van der Waals surface area contributed by atoms with Gasteiger partial charge in [-0.05, 0) is 29.1 Å². The summed E-state index contributed by atoms with van der Waals surface area (Å²) in [4.78, 5) is 21.5. The van der Waals surface area contributed by atoms with Crippen LogP contribution in [-0.4, -0.2) is 36.5 Å². The zero-order chi connectivity index (χ0) is 17.8. The van der Waals surface area contributed by atoms with Crippen LogP contribution in [0.1, 0.15) is 5.82 Å². The molecule has 9 heteroatoms. The second kappa shape index (κ2) is 7.19. The number of rotatable bonds is 5. The smallest absolute Gasteiger partial charge is 0.232 e. The van der Waals surface area contributed by atoms with E-state index in [1.54, 1.807) is 29.9 Å². The van der Waals surface area contributed by atoms with E-state index in [0.29, 0.717) is 11.5 Å². The van der Waals surface area contributed by atoms with Gasteiger partial charge in [0.2, 0.25) is 5.91 Å². The maximum Gasteiger partial charge on any atom is 0.232 e. The minimum absolute atomic E-state index is 0.0465. The molecule has 26 heavy (non-hydrogen) atoms. The van der Waals surface area contributed by atoms with Crippen LogP contribution in [0, 0.1) is 0 Å². The molecule has 4 heterocycles. The van der Waals surface area contributed by atoms with E-state index in [1.165, 1.54) is 0 Å². The monoisotopic (exact) mass is 363 g/mol. The number of aromatic amines is 1. The molecule has 0 fully saturated rings. The predicted molar refractivity (Wildman–Crippen MR) is 97.3 cm³/mol. The molecule has 0 spiro atoms. The normalized spacial score (nSPS) is 10.6. The van der Waals surface area contributed by atoms with Crippen molar-refractivity contribution in [2.24, 2.45) is 0 Å². The first-order valence-electron chi connectivity index (χ1n) is 7.74. The number of anilines is 1. The quantitative estimate of drug-likeness (QED) is 0.564. The largest absolute Gasteiger partial charge is 0.324 e. The zero-order valence-electron chi connectivity index (χ0n) is 13.5. The molecule has 0 bridgehead atoms. The molecule has 4 aromatic heterocycles. The highest BCUT2D eigenvalue weighted by molar-refractivity contribution is 7.14. The number of hydrogen-bond acceptors (Lipinski definition) is 7. The van der Waals surface area contributed by atoms with Crippen molar-refractivity contribution >= 4 is 22.9 Å². The van der Waals surface area contributed by atoms with Gasteiger partial charge in [-0.2, -0.15) is 5.21 Å². The highest BCUT2D eigenvalue weighted by Crippen LogP contribution is 2.32. The van der Waals surface area contributed by atoms with Crippen LogP contribution in [0.4, 0.5) is 5.69 Å². The summed E-state index contributed by atoms with van der Waals surface area (Å²) in [7, 11) is 0. The number of nitrogens with zero attached hydrogens (tertiary/aromatic N) is 5. The zero-order valence-corrected chi connectivity index (χ0v) is 14.3. The minimum atomic E-state index is -0.229. The molecule has 0 aromatic carbocycles. The Kier molecular flexibility index (Phi) is 4.44. The first kappa shape index (κ1) is 16.0. The fraction of sp³-hybridized carbons (Fsp3) is 0.0588. The molecule has 2 N–H and O–H groups in total. The molecule has 0 unspecified atom stereocenters. The lowest BCUT2D eigenvalue weighted by atomic mass is 10.1. The Morgan fingerprint density at radius 1 is 1.12 bits per heavy atom. The number of nitrogens with one attached hydrogen (secondary N) is 2. The number of amides is 1. The lowest BCUT2D eigenvalue weighted by Gasteiger charge is -2.05. The van der Waals surface area contributed by atoms with Crippen LogP contribution >= 0.6 is 11.3 Å². The Morgan fingerprint density at radius 2 is 2.04 bits per heavy atom. The number of carbonyl (C=O) groups excluding carboxylic acids is 1. The Morgan fingerprint density at radius 3 is 2.85 bits per heavy atom. The Labute approximate surface area is 152 Å². The third kappa shape index (κ3) is 3.62. The first-order chi connectivity index (χ1) is 12.8. The van der Waals surface area contributed by atoms with Crippen LogP contribution in [0.15, 0.2) is 54.4 Å². The standard InChI is InChI=1S/C17H13N7OS/c25-17(6-16-21-23-24-22-16)20-14-4-12(8-19-9-14)15-5-13(10-26-15)11-2-1-3-18-7-11/h1-5,7-10H,6H2,(H,20,25)(H,21,22,23,24). The fourth-order valence-electron chi connectivity index (χ4n) is 2.42. The van der Waals surface area contributed by atoms with Gasteiger partial charge in [0.05, 0.1) is 18.3 Å². The van der Waals surface area contributed by atoms with Gasteiger partial charge in [0, 0.05) is 34.6 Å². The highest BCUT2D eigenvalue weighted by Gasteiger charge is 2.10. The second-order valence-corrected chi connectivity index (χ2v) is 6.37. The van der Waals surface area contributed by atoms with Crippen molar-refractivity contribution in [2.75, 3.05) is 5.32 Å². The number of hydrogen-bond donors (Lipinski definition) is 2. The van der Waals surface area contributed by atoms with Crippen molar-refractivity contribution < 1.29 is 4.79 Å². The molecule has 0 aliphatic carbocycles. The maximum absolute atomic E-state index is 12.1. The van der Waals surface area contributed by atoms with Crippen molar-refractivity contribution in [1.82, 2.24) is 30.6 Å². The summed E-state index contributed by atoms with van der Waals surface area (Å²) in [6.45, 7) is 0. The first-order valence-corrected chi connectivity index (χ1v) is 8.62. The van der Waals surface area contributed by atoms with E-state index in [-0.39, 0.29) is 12.3 Å². The van der Waals surface area contributed by atoms with Crippen molar-refractivity contribution in [3.8, 4) is 21.6 Å². The second-order valence-electron chi connectivity index (χ2n) is 5.46. The number of aromatic nitrogens is 6. The van der Waals surface area contributed by atoms with Crippen molar-refractivity contribution in [3.05, 3.63) is 60.3 Å². The van der Waals surface area contributed by atoms with E-state index < -0.39 is 0 Å². The van der Waals surface area contributed by atoms with Gasteiger partial charge in [0.15, 0.2) is 5.82 Å². The summed E-state index contributed by atoms with van der Waals surface area (Å²) < 4.78 is 0. The van der Waals surface area contributed by atoms with Gasteiger partial charge < -0.3 is 5.32 Å². The van der Waals surface area contributed by atoms with E-state index in [2.05, 4.69) is 47.4 Å². The van der Waals surface area contributed by atoms with Crippen molar-refractivity contribution in [1.29, 1.82) is 0 Å². The minimum Gasteiger partial charge on any atom is -0.324 e. The molecule has 0 radical (unpaired) electrons. The Hall–Kier alpha value is -3.46. The topological polar surface area (TPSA) is 109 Å². The fourth-order valence-corrected chi connectivity index (χ4v) is 3.32. The van der Waals surface area contributed by atoms with Gasteiger partial charge in [-0.1, -0.05) is 11.3 Å². The third-order valence-electron chi connectivity index (χ3n) is 3.61. The van der Waals surface area contributed by atoms with Crippen molar-refractivity contribution in [2.45, 2.75) is 6.42 Å². The van der Waals surface area contributed by atoms with Gasteiger partial charge in [-0.3, -0.25) is 14.8 Å². The molecule has 1 amide bonds. The van der Waals surface area contributed by atoms with E-state index in [9.17, 15) is 4.79 Å². The summed E-state index contributed by atoms with van der Waals surface area (Å²) in [6.07, 6.45) is 7.01. The molecule has 8 nitrogen and oxygen atoms in total. The molecule has 0 saturated heterocycles. The van der Waals surface area contributed by atoms with Crippen LogP contribution < -0.4 is 5.32 Å². The van der Waals surface area contributed by atoms with Crippen LogP contribution in [0.5, 0.6) is 0 Å². The molecule has 4 aromatic rings. The van der Waals surface area contributed by atoms with E-state index in [1.807, 2.05) is 24.4 Å². The SMILES string of the molecule is O=C(Cc1nn[nH]n1)Nc1cncc(-c2cc(-c3cccnc3)cs2)c1. The van der Waals surface area contributed by atoms with Crippen LogP contribution in [-0.2, 0) is 11.2 Å². The number of thiophene rings is 1. The van der Waals surface area contributed by atoms with Gasteiger partial charge in [-0.25, -0.2) is 0 Å².